The van der Waals surface area contributed by atoms with E-state index in [1.807, 2.05) is 30.3 Å². The molecule has 3 aromatic rings. The number of anilines is 1. The molecule has 1 N–H and O–H groups in total. The zero-order valence-corrected chi connectivity index (χ0v) is 14.3. The molecule has 6 heteroatoms. The van der Waals surface area contributed by atoms with Crippen LogP contribution in [0.1, 0.15) is 38.0 Å². The first-order chi connectivity index (χ1) is 12.3. The van der Waals surface area contributed by atoms with Crippen molar-refractivity contribution in [2.24, 2.45) is 0 Å². The summed E-state index contributed by atoms with van der Waals surface area (Å²) in [5.74, 6) is 1.78. The molecule has 128 valence electrons. The summed E-state index contributed by atoms with van der Waals surface area (Å²) in [6.45, 7) is 1.79. The van der Waals surface area contributed by atoms with Crippen LogP contribution in [0.4, 0.5) is 5.95 Å². The van der Waals surface area contributed by atoms with Gasteiger partial charge in [0.1, 0.15) is 0 Å². The van der Waals surface area contributed by atoms with Crippen molar-refractivity contribution in [1.82, 2.24) is 20.2 Å². The molecular weight excluding hydrogens is 314 g/mol. The summed E-state index contributed by atoms with van der Waals surface area (Å²) in [5.41, 5.74) is 2.77. The van der Waals surface area contributed by atoms with Crippen molar-refractivity contribution in [2.75, 3.05) is 5.32 Å². The summed E-state index contributed by atoms with van der Waals surface area (Å²) < 4.78 is 5.52. The lowest BCUT2D eigenvalue weighted by Gasteiger charge is -2.22. The molecule has 25 heavy (non-hydrogen) atoms. The van der Waals surface area contributed by atoms with Crippen LogP contribution in [0, 0.1) is 6.92 Å². The van der Waals surface area contributed by atoms with Crippen LogP contribution in [0.3, 0.4) is 0 Å². The Morgan fingerprint density at radius 1 is 1.04 bits per heavy atom. The molecule has 0 radical (unpaired) electrons. The molecule has 2 heterocycles. The van der Waals surface area contributed by atoms with Crippen LogP contribution >= 0.6 is 0 Å². The van der Waals surface area contributed by atoms with Gasteiger partial charge in [0.2, 0.25) is 17.7 Å². The molecule has 2 aromatic heterocycles. The molecule has 1 aliphatic carbocycles. The number of aromatic nitrogens is 4. The Kier molecular flexibility index (Phi) is 4.41. The van der Waals surface area contributed by atoms with Crippen LogP contribution in [0.15, 0.2) is 40.9 Å². The zero-order valence-electron chi connectivity index (χ0n) is 14.3. The predicted molar refractivity (Wildman–Crippen MR) is 96.0 cm³/mol. The van der Waals surface area contributed by atoms with Gasteiger partial charge in [0, 0.05) is 30.3 Å². The van der Waals surface area contributed by atoms with Gasteiger partial charge < -0.3 is 9.73 Å². The number of hydrogen-bond acceptors (Lipinski definition) is 6. The highest BCUT2D eigenvalue weighted by Gasteiger charge is 2.14. The Bertz CT molecular complexity index is 854. The van der Waals surface area contributed by atoms with E-state index in [-0.39, 0.29) is 0 Å². The predicted octanol–water partition coefficient (Wildman–Crippen LogP) is 4.25. The van der Waals surface area contributed by atoms with E-state index in [0.29, 0.717) is 23.8 Å². The Morgan fingerprint density at radius 2 is 1.88 bits per heavy atom. The molecule has 1 saturated carbocycles. The van der Waals surface area contributed by atoms with E-state index in [1.165, 1.54) is 32.1 Å². The fraction of sp³-hybridized carbons (Fsp3) is 0.368. The van der Waals surface area contributed by atoms with Crippen molar-refractivity contribution in [3.05, 3.63) is 42.4 Å². The fourth-order valence-corrected chi connectivity index (χ4v) is 3.24. The maximum absolute atomic E-state index is 5.52. The first kappa shape index (κ1) is 15.7. The van der Waals surface area contributed by atoms with Crippen molar-refractivity contribution in [2.45, 2.75) is 45.1 Å². The smallest absolute Gasteiger partial charge is 0.247 e. The van der Waals surface area contributed by atoms with Gasteiger partial charge in [0.05, 0.1) is 5.69 Å². The van der Waals surface area contributed by atoms with Gasteiger partial charge in [-0.15, -0.1) is 10.2 Å². The summed E-state index contributed by atoms with van der Waals surface area (Å²) in [5, 5.41) is 11.5. The van der Waals surface area contributed by atoms with Crippen molar-refractivity contribution >= 4 is 5.95 Å². The van der Waals surface area contributed by atoms with Crippen LogP contribution < -0.4 is 5.32 Å². The maximum atomic E-state index is 5.52. The zero-order chi connectivity index (χ0) is 17.1. The third kappa shape index (κ3) is 3.68. The van der Waals surface area contributed by atoms with Crippen LogP contribution in [-0.4, -0.2) is 26.2 Å². The molecule has 0 amide bonds. The quantitative estimate of drug-likeness (QED) is 0.768. The minimum absolute atomic E-state index is 0.483. The van der Waals surface area contributed by atoms with Crippen molar-refractivity contribution in [3.8, 4) is 22.7 Å². The minimum Gasteiger partial charge on any atom is -0.421 e. The Labute approximate surface area is 146 Å². The Morgan fingerprint density at radius 3 is 2.68 bits per heavy atom. The average Bonchev–Trinajstić information content (AvgIpc) is 3.09. The van der Waals surface area contributed by atoms with E-state index < -0.39 is 0 Å². The standard InChI is InChI=1S/C19H21N5O/c1-13-23-24-18(25-13)15-7-5-6-14(12-15)17-10-11-20-19(22-17)21-16-8-3-2-4-9-16/h5-7,10-12,16H,2-4,8-9H2,1H3,(H,20,21,22). The number of benzene rings is 1. The molecule has 4 rings (SSSR count). The van der Waals surface area contributed by atoms with Crippen molar-refractivity contribution in [1.29, 1.82) is 0 Å². The van der Waals surface area contributed by atoms with Gasteiger partial charge in [-0.25, -0.2) is 9.97 Å². The van der Waals surface area contributed by atoms with Gasteiger partial charge in [-0.2, -0.15) is 0 Å². The topological polar surface area (TPSA) is 76.7 Å². The molecular formula is C19H21N5O. The van der Waals surface area contributed by atoms with Gasteiger partial charge in [-0.1, -0.05) is 31.4 Å². The molecule has 1 aromatic carbocycles. The summed E-state index contributed by atoms with van der Waals surface area (Å²) in [6, 6.07) is 10.4. The molecule has 0 aliphatic heterocycles. The van der Waals surface area contributed by atoms with E-state index in [2.05, 4.69) is 25.5 Å². The lowest BCUT2D eigenvalue weighted by atomic mass is 9.96. The van der Waals surface area contributed by atoms with Gasteiger partial charge >= 0.3 is 0 Å². The third-order valence-corrected chi connectivity index (χ3v) is 4.53. The highest BCUT2D eigenvalue weighted by atomic mass is 16.4. The van der Waals surface area contributed by atoms with Crippen LogP contribution in [0.2, 0.25) is 0 Å². The Balaban J connectivity index is 1.58. The van der Waals surface area contributed by atoms with Gasteiger partial charge in [-0.05, 0) is 31.0 Å². The maximum Gasteiger partial charge on any atom is 0.247 e. The van der Waals surface area contributed by atoms with E-state index >= 15 is 0 Å². The summed E-state index contributed by atoms with van der Waals surface area (Å²) in [6.07, 6.45) is 8.09. The second-order valence-corrected chi connectivity index (χ2v) is 6.45. The van der Waals surface area contributed by atoms with Crippen molar-refractivity contribution < 1.29 is 4.42 Å². The first-order valence-electron chi connectivity index (χ1n) is 8.78. The number of aryl methyl sites for hydroxylation is 1. The molecule has 1 fully saturated rings. The number of hydrogen-bond donors (Lipinski definition) is 1. The lowest BCUT2D eigenvalue weighted by Crippen LogP contribution is -2.23. The first-order valence-corrected chi connectivity index (χ1v) is 8.78. The van der Waals surface area contributed by atoms with Crippen LogP contribution in [0.25, 0.3) is 22.7 Å². The van der Waals surface area contributed by atoms with Crippen molar-refractivity contribution in [3.63, 3.8) is 0 Å². The van der Waals surface area contributed by atoms with E-state index in [4.69, 9.17) is 4.42 Å². The van der Waals surface area contributed by atoms with Gasteiger partial charge in [-0.3, -0.25) is 0 Å². The second-order valence-electron chi connectivity index (χ2n) is 6.45. The van der Waals surface area contributed by atoms with Crippen LogP contribution in [0.5, 0.6) is 0 Å². The van der Waals surface area contributed by atoms with Gasteiger partial charge in [0.15, 0.2) is 0 Å². The highest BCUT2D eigenvalue weighted by molar-refractivity contribution is 5.67. The molecule has 6 nitrogen and oxygen atoms in total. The molecule has 0 spiro atoms. The Hall–Kier alpha value is -2.76. The van der Waals surface area contributed by atoms with E-state index in [1.54, 1.807) is 13.1 Å². The largest absolute Gasteiger partial charge is 0.421 e. The van der Waals surface area contributed by atoms with Crippen LogP contribution in [-0.2, 0) is 0 Å². The summed E-state index contributed by atoms with van der Waals surface area (Å²) >= 11 is 0. The normalized spacial score (nSPS) is 15.2. The minimum atomic E-state index is 0.483. The molecule has 0 unspecified atom stereocenters. The third-order valence-electron chi connectivity index (χ3n) is 4.53. The molecule has 0 atom stereocenters. The van der Waals surface area contributed by atoms with E-state index in [9.17, 15) is 0 Å². The number of nitrogens with zero attached hydrogens (tertiary/aromatic N) is 4. The van der Waals surface area contributed by atoms with E-state index in [0.717, 1.165) is 16.8 Å². The molecule has 1 aliphatic rings. The number of nitrogens with one attached hydrogen (secondary N) is 1. The van der Waals surface area contributed by atoms with Gasteiger partial charge in [0.25, 0.3) is 0 Å². The monoisotopic (exact) mass is 335 g/mol. The highest BCUT2D eigenvalue weighted by Crippen LogP contribution is 2.25. The molecule has 0 bridgehead atoms. The molecule has 0 saturated heterocycles. The summed E-state index contributed by atoms with van der Waals surface area (Å²) in [7, 11) is 0. The average molecular weight is 335 g/mol. The number of rotatable bonds is 4. The second kappa shape index (κ2) is 7.01. The fourth-order valence-electron chi connectivity index (χ4n) is 3.24. The lowest BCUT2D eigenvalue weighted by molar-refractivity contribution is 0.461. The summed E-state index contributed by atoms with van der Waals surface area (Å²) in [4.78, 5) is 9.07. The SMILES string of the molecule is Cc1nnc(-c2cccc(-c3ccnc(NC4CCCCC4)n3)c2)o1.